The monoisotopic (exact) mass is 361 g/mol. The Hall–Kier alpha value is -1.88. The summed E-state index contributed by atoms with van der Waals surface area (Å²) in [5.41, 5.74) is 3.92. The molecule has 3 rings (SSSR count). The van der Waals surface area contributed by atoms with E-state index < -0.39 is 11.9 Å². The lowest BCUT2D eigenvalue weighted by Gasteiger charge is -2.35. The lowest BCUT2D eigenvalue weighted by molar-refractivity contribution is -0.159. The highest BCUT2D eigenvalue weighted by Crippen LogP contribution is 2.49. The normalized spacial score (nSPS) is 27.2. The first-order valence-electron chi connectivity index (χ1n) is 9.26. The minimum absolute atomic E-state index is 0.522. The summed E-state index contributed by atoms with van der Waals surface area (Å²) in [4.78, 5) is 21.0. The molecule has 2 fully saturated rings. The highest BCUT2D eigenvalue weighted by atomic mass is 16.4. The Morgan fingerprint density at radius 3 is 2.15 bits per heavy atom. The number of rotatable bonds is 2. The summed E-state index contributed by atoms with van der Waals surface area (Å²) in [6.07, 6.45) is 5.58. The predicted octanol–water partition coefficient (Wildman–Crippen LogP) is 3.94. The van der Waals surface area contributed by atoms with Gasteiger partial charge in [-0.15, -0.1) is 0 Å². The SMILES string of the molecule is Cc1ccc(CN2CC3(C)CCC(C)(C)CC2C3)cc1.O=C(O)C(=O)O. The topological polar surface area (TPSA) is 77.8 Å². The number of carboxylic acid groups (broad SMARTS) is 2. The fourth-order valence-corrected chi connectivity index (χ4v) is 4.26. The van der Waals surface area contributed by atoms with Crippen LogP contribution >= 0.6 is 0 Å². The first-order chi connectivity index (χ1) is 12.0. The number of carboxylic acids is 2. The van der Waals surface area contributed by atoms with Gasteiger partial charge in [-0.1, -0.05) is 50.6 Å². The Morgan fingerprint density at radius 2 is 1.62 bits per heavy atom. The van der Waals surface area contributed by atoms with E-state index in [0.29, 0.717) is 10.8 Å². The van der Waals surface area contributed by atoms with Crippen LogP contribution in [0.4, 0.5) is 0 Å². The van der Waals surface area contributed by atoms with Crippen molar-refractivity contribution in [2.45, 2.75) is 66.0 Å². The second kappa shape index (κ2) is 7.78. The second-order valence-corrected chi connectivity index (χ2v) is 9.04. The quantitative estimate of drug-likeness (QED) is 0.780. The smallest absolute Gasteiger partial charge is 0.414 e. The van der Waals surface area contributed by atoms with Crippen molar-refractivity contribution in [2.75, 3.05) is 6.54 Å². The third-order valence-electron chi connectivity index (χ3n) is 5.71. The molecule has 1 aromatic rings. The average molecular weight is 361 g/mol. The van der Waals surface area contributed by atoms with Crippen LogP contribution in [-0.4, -0.2) is 39.6 Å². The minimum Gasteiger partial charge on any atom is -0.473 e. The molecule has 144 valence electrons. The minimum atomic E-state index is -1.82. The van der Waals surface area contributed by atoms with E-state index in [1.165, 1.54) is 43.4 Å². The second-order valence-electron chi connectivity index (χ2n) is 9.04. The molecule has 0 amide bonds. The molecule has 1 saturated heterocycles. The molecule has 2 atom stereocenters. The average Bonchev–Trinajstić information content (AvgIpc) is 2.77. The number of hydrogen-bond acceptors (Lipinski definition) is 3. The Labute approximate surface area is 156 Å². The molecule has 1 heterocycles. The van der Waals surface area contributed by atoms with Crippen LogP contribution in [0.15, 0.2) is 24.3 Å². The van der Waals surface area contributed by atoms with Crippen LogP contribution in [0.3, 0.4) is 0 Å². The van der Waals surface area contributed by atoms with Gasteiger partial charge >= 0.3 is 11.9 Å². The van der Waals surface area contributed by atoms with Crippen molar-refractivity contribution in [2.24, 2.45) is 10.8 Å². The van der Waals surface area contributed by atoms with Crippen molar-refractivity contribution in [1.82, 2.24) is 4.90 Å². The van der Waals surface area contributed by atoms with Gasteiger partial charge in [0.25, 0.3) is 0 Å². The van der Waals surface area contributed by atoms with Crippen molar-refractivity contribution in [3.05, 3.63) is 35.4 Å². The van der Waals surface area contributed by atoms with Crippen molar-refractivity contribution in [1.29, 1.82) is 0 Å². The number of nitrogens with zero attached hydrogens (tertiary/aromatic N) is 1. The number of aryl methyl sites for hydroxylation is 1. The van der Waals surface area contributed by atoms with Gasteiger partial charge in [0.1, 0.15) is 0 Å². The van der Waals surface area contributed by atoms with E-state index in [9.17, 15) is 0 Å². The first kappa shape index (κ1) is 20.4. The van der Waals surface area contributed by atoms with Gasteiger partial charge in [-0.05, 0) is 49.0 Å². The summed E-state index contributed by atoms with van der Waals surface area (Å²) in [5, 5.41) is 14.8. The van der Waals surface area contributed by atoms with Crippen LogP contribution in [0.2, 0.25) is 0 Å². The van der Waals surface area contributed by atoms with Gasteiger partial charge in [-0.2, -0.15) is 0 Å². The van der Waals surface area contributed by atoms with Gasteiger partial charge in [0.2, 0.25) is 0 Å². The highest BCUT2D eigenvalue weighted by molar-refractivity contribution is 6.27. The Morgan fingerprint density at radius 1 is 1.04 bits per heavy atom. The van der Waals surface area contributed by atoms with Crippen LogP contribution in [0, 0.1) is 17.8 Å². The molecule has 0 radical (unpaired) electrons. The summed E-state index contributed by atoms with van der Waals surface area (Å²) >= 11 is 0. The third kappa shape index (κ3) is 5.56. The van der Waals surface area contributed by atoms with E-state index in [0.717, 1.165) is 12.6 Å². The van der Waals surface area contributed by atoms with Crippen LogP contribution in [0.1, 0.15) is 57.6 Å². The summed E-state index contributed by atoms with van der Waals surface area (Å²) < 4.78 is 0. The zero-order valence-electron chi connectivity index (χ0n) is 16.3. The molecule has 0 aromatic heterocycles. The Balaban J connectivity index is 0.000000352. The van der Waals surface area contributed by atoms with Crippen LogP contribution in [0.25, 0.3) is 0 Å². The fourth-order valence-electron chi connectivity index (χ4n) is 4.26. The number of fused-ring (bicyclic) bond motifs is 2. The summed E-state index contributed by atoms with van der Waals surface area (Å²) in [7, 11) is 0. The number of benzene rings is 1. The maximum absolute atomic E-state index is 9.10. The van der Waals surface area contributed by atoms with Gasteiger partial charge in [-0.3, -0.25) is 4.90 Å². The molecule has 1 aliphatic heterocycles. The molecule has 5 heteroatoms. The number of likely N-dealkylation sites (tertiary alicyclic amines) is 1. The molecular formula is C21H31NO4. The van der Waals surface area contributed by atoms with E-state index in [1.54, 1.807) is 0 Å². The summed E-state index contributed by atoms with van der Waals surface area (Å²) in [5.74, 6) is -3.65. The van der Waals surface area contributed by atoms with Gasteiger partial charge in [0.15, 0.2) is 0 Å². The summed E-state index contributed by atoms with van der Waals surface area (Å²) in [6.45, 7) is 12.0. The Bertz CT molecular complexity index is 640. The molecule has 2 bridgehead atoms. The lowest BCUT2D eigenvalue weighted by Crippen LogP contribution is -2.35. The maximum Gasteiger partial charge on any atom is 0.414 e. The van der Waals surface area contributed by atoms with Crippen molar-refractivity contribution >= 4 is 11.9 Å². The molecule has 1 saturated carbocycles. The van der Waals surface area contributed by atoms with E-state index in [2.05, 4.69) is 56.9 Å². The molecule has 2 N–H and O–H groups in total. The lowest BCUT2D eigenvalue weighted by atomic mass is 9.79. The van der Waals surface area contributed by atoms with Crippen LogP contribution < -0.4 is 0 Å². The fraction of sp³-hybridized carbons (Fsp3) is 0.619. The number of carbonyl (C=O) groups is 2. The molecule has 2 aliphatic rings. The maximum atomic E-state index is 9.10. The standard InChI is InChI=1S/C19H29N.C2H2O4/c1-15-5-7-16(8-6-15)13-20-14-19(4)10-9-18(2,3)11-17(20)12-19;3-1(4)2(5)6/h5-8,17H,9-14H2,1-4H3;(H,3,4)(H,5,6). The predicted molar refractivity (Wildman–Crippen MR) is 101 cm³/mol. The molecule has 26 heavy (non-hydrogen) atoms. The molecule has 5 nitrogen and oxygen atoms in total. The van der Waals surface area contributed by atoms with E-state index in [4.69, 9.17) is 19.8 Å². The number of hydrogen-bond donors (Lipinski definition) is 2. The largest absolute Gasteiger partial charge is 0.473 e. The molecule has 2 unspecified atom stereocenters. The van der Waals surface area contributed by atoms with Crippen LogP contribution in [-0.2, 0) is 16.1 Å². The van der Waals surface area contributed by atoms with Gasteiger partial charge in [0.05, 0.1) is 0 Å². The van der Waals surface area contributed by atoms with E-state index in [-0.39, 0.29) is 0 Å². The molecule has 0 spiro atoms. The third-order valence-corrected chi connectivity index (χ3v) is 5.71. The molecular weight excluding hydrogens is 330 g/mol. The van der Waals surface area contributed by atoms with Gasteiger partial charge < -0.3 is 10.2 Å². The van der Waals surface area contributed by atoms with E-state index >= 15 is 0 Å². The van der Waals surface area contributed by atoms with Crippen molar-refractivity contribution < 1.29 is 19.8 Å². The van der Waals surface area contributed by atoms with Crippen molar-refractivity contribution in [3.63, 3.8) is 0 Å². The molecule has 1 aliphatic carbocycles. The number of aliphatic carboxylic acids is 2. The summed E-state index contributed by atoms with van der Waals surface area (Å²) in [6, 6.07) is 9.89. The zero-order valence-corrected chi connectivity index (χ0v) is 16.3. The Kier molecular flexibility index (Phi) is 6.12. The van der Waals surface area contributed by atoms with Crippen LogP contribution in [0.5, 0.6) is 0 Å². The first-order valence-corrected chi connectivity index (χ1v) is 9.26. The van der Waals surface area contributed by atoms with E-state index in [1.807, 2.05) is 0 Å². The highest BCUT2D eigenvalue weighted by Gasteiger charge is 2.45. The molecule has 1 aromatic carbocycles. The van der Waals surface area contributed by atoms with Gasteiger partial charge in [-0.25, -0.2) is 9.59 Å². The van der Waals surface area contributed by atoms with Gasteiger partial charge in [0, 0.05) is 19.1 Å². The van der Waals surface area contributed by atoms with Crippen molar-refractivity contribution in [3.8, 4) is 0 Å². The zero-order chi connectivity index (χ0) is 19.5.